The van der Waals surface area contributed by atoms with Crippen molar-refractivity contribution in [2.75, 3.05) is 0 Å². The number of nitrogens with one attached hydrogen (secondary N) is 2. The maximum atomic E-state index is 4.76. The van der Waals surface area contributed by atoms with Gasteiger partial charge in [0.15, 0.2) is 5.82 Å². The van der Waals surface area contributed by atoms with E-state index in [9.17, 15) is 0 Å². The van der Waals surface area contributed by atoms with Crippen molar-refractivity contribution in [3.05, 3.63) is 35.3 Å². The van der Waals surface area contributed by atoms with Gasteiger partial charge in [0.2, 0.25) is 4.96 Å². The molecule has 1 fully saturated rings. The summed E-state index contributed by atoms with van der Waals surface area (Å²) in [5.74, 6) is 0.793. The van der Waals surface area contributed by atoms with Crippen LogP contribution >= 0.6 is 11.3 Å². The number of hydrazine groups is 1. The topological polar surface area (TPSA) is 67.1 Å². The van der Waals surface area contributed by atoms with Crippen LogP contribution < -0.4 is 10.9 Å². The lowest BCUT2D eigenvalue weighted by molar-refractivity contribution is 0.286. The highest BCUT2D eigenvalue weighted by molar-refractivity contribution is 7.16. The fourth-order valence-electron chi connectivity index (χ4n) is 2.83. The Kier molecular flexibility index (Phi) is 3.44. The molecule has 7 heteroatoms. The molecule has 0 spiro atoms. The molecular formula is C16H20N6S. The summed E-state index contributed by atoms with van der Waals surface area (Å²) in [5.41, 5.74) is 8.02. The van der Waals surface area contributed by atoms with Crippen LogP contribution in [0.5, 0.6) is 0 Å². The average Bonchev–Trinajstić information content (AvgIpc) is 3.22. The average molecular weight is 328 g/mol. The van der Waals surface area contributed by atoms with E-state index in [1.165, 1.54) is 0 Å². The van der Waals surface area contributed by atoms with Crippen LogP contribution in [-0.2, 0) is 0 Å². The predicted molar refractivity (Wildman–Crippen MR) is 91.0 cm³/mol. The van der Waals surface area contributed by atoms with E-state index in [0.29, 0.717) is 6.04 Å². The summed E-state index contributed by atoms with van der Waals surface area (Å²) in [4.78, 5) is 0.833. The minimum atomic E-state index is 0.217. The number of benzene rings is 1. The zero-order valence-corrected chi connectivity index (χ0v) is 14.3. The van der Waals surface area contributed by atoms with E-state index in [0.717, 1.165) is 27.8 Å². The minimum absolute atomic E-state index is 0.217. The van der Waals surface area contributed by atoms with Crippen LogP contribution in [0, 0.1) is 5.41 Å². The first-order chi connectivity index (χ1) is 11.0. The summed E-state index contributed by atoms with van der Waals surface area (Å²) < 4.78 is 1.85. The largest absolute Gasteiger partial charge is 0.254 e. The van der Waals surface area contributed by atoms with Crippen LogP contribution in [0.1, 0.15) is 38.2 Å². The molecule has 0 amide bonds. The van der Waals surface area contributed by atoms with Crippen molar-refractivity contribution in [3.63, 3.8) is 0 Å². The van der Waals surface area contributed by atoms with Crippen molar-refractivity contribution < 1.29 is 0 Å². The molecule has 3 aromatic rings. The second-order valence-electron chi connectivity index (χ2n) is 7.02. The normalized spacial score (nSPS) is 22.0. The Labute approximate surface area is 138 Å². The molecule has 120 valence electrons. The fourth-order valence-corrected chi connectivity index (χ4v) is 3.73. The monoisotopic (exact) mass is 328 g/mol. The van der Waals surface area contributed by atoms with Gasteiger partial charge in [0.25, 0.3) is 0 Å². The second kappa shape index (κ2) is 5.36. The SMILES string of the molecule is CC(C)(C)C1CC(c2nn3c(-c4ccccc4)nnc3s2)NN1. The summed E-state index contributed by atoms with van der Waals surface area (Å²) in [6, 6.07) is 10.7. The molecule has 0 bridgehead atoms. The van der Waals surface area contributed by atoms with Gasteiger partial charge in [-0.05, 0) is 11.8 Å². The molecular weight excluding hydrogens is 308 g/mol. The molecule has 1 aliphatic heterocycles. The number of rotatable bonds is 2. The van der Waals surface area contributed by atoms with E-state index in [-0.39, 0.29) is 11.5 Å². The summed E-state index contributed by atoms with van der Waals surface area (Å²) in [7, 11) is 0. The van der Waals surface area contributed by atoms with Crippen molar-refractivity contribution in [1.82, 2.24) is 30.7 Å². The van der Waals surface area contributed by atoms with Gasteiger partial charge in [-0.1, -0.05) is 62.4 Å². The molecule has 1 aromatic carbocycles. The number of hydrogen-bond acceptors (Lipinski definition) is 6. The predicted octanol–water partition coefficient (Wildman–Crippen LogP) is 2.81. The van der Waals surface area contributed by atoms with Gasteiger partial charge in [0.1, 0.15) is 5.01 Å². The van der Waals surface area contributed by atoms with E-state index in [1.807, 2.05) is 34.8 Å². The van der Waals surface area contributed by atoms with Crippen LogP contribution in [-0.4, -0.2) is 25.9 Å². The van der Waals surface area contributed by atoms with E-state index in [2.05, 4.69) is 41.8 Å². The molecule has 1 saturated heterocycles. The highest BCUT2D eigenvalue weighted by Gasteiger charge is 2.35. The van der Waals surface area contributed by atoms with Gasteiger partial charge < -0.3 is 0 Å². The molecule has 0 aliphatic carbocycles. The second-order valence-corrected chi connectivity index (χ2v) is 8.01. The Morgan fingerprint density at radius 1 is 1.13 bits per heavy atom. The maximum absolute atomic E-state index is 4.76. The lowest BCUT2D eigenvalue weighted by Gasteiger charge is -2.25. The van der Waals surface area contributed by atoms with Crippen molar-refractivity contribution in [2.45, 2.75) is 39.3 Å². The minimum Gasteiger partial charge on any atom is -0.254 e. The molecule has 3 heterocycles. The van der Waals surface area contributed by atoms with Gasteiger partial charge in [-0.15, -0.1) is 10.2 Å². The summed E-state index contributed by atoms with van der Waals surface area (Å²) in [6.45, 7) is 6.75. The van der Waals surface area contributed by atoms with Crippen molar-refractivity contribution in [3.8, 4) is 11.4 Å². The van der Waals surface area contributed by atoms with Crippen molar-refractivity contribution in [2.24, 2.45) is 5.41 Å². The summed E-state index contributed by atoms with van der Waals surface area (Å²) in [5, 5.41) is 14.4. The van der Waals surface area contributed by atoms with Crippen molar-refractivity contribution >= 4 is 16.3 Å². The first kappa shape index (κ1) is 14.7. The molecule has 0 radical (unpaired) electrons. The Morgan fingerprint density at radius 2 is 1.91 bits per heavy atom. The van der Waals surface area contributed by atoms with E-state index in [4.69, 9.17) is 5.10 Å². The van der Waals surface area contributed by atoms with Gasteiger partial charge in [0.05, 0.1) is 6.04 Å². The highest BCUT2D eigenvalue weighted by Crippen LogP contribution is 2.33. The van der Waals surface area contributed by atoms with E-state index < -0.39 is 0 Å². The zero-order chi connectivity index (χ0) is 16.0. The molecule has 2 unspecified atom stereocenters. The first-order valence-electron chi connectivity index (χ1n) is 7.81. The van der Waals surface area contributed by atoms with E-state index >= 15 is 0 Å². The molecule has 4 rings (SSSR count). The third kappa shape index (κ3) is 2.65. The van der Waals surface area contributed by atoms with Gasteiger partial charge in [-0.2, -0.15) is 9.61 Å². The number of fused-ring (bicyclic) bond motifs is 1. The van der Waals surface area contributed by atoms with Crippen LogP contribution in [0.25, 0.3) is 16.3 Å². The standard InChI is InChI=1S/C16H20N6S/c1-16(2,3)12-9-11(17-18-12)14-21-22-13(19-20-15(22)23-14)10-7-5-4-6-8-10/h4-8,11-12,17-18H,9H2,1-3H3. The Hall–Kier alpha value is -1.83. The van der Waals surface area contributed by atoms with Crippen molar-refractivity contribution in [1.29, 1.82) is 0 Å². The Balaban J connectivity index is 1.65. The first-order valence-corrected chi connectivity index (χ1v) is 8.62. The smallest absolute Gasteiger partial charge is 0.235 e. The van der Waals surface area contributed by atoms with Crippen LogP contribution in [0.4, 0.5) is 0 Å². The van der Waals surface area contributed by atoms with E-state index in [1.54, 1.807) is 11.3 Å². The number of nitrogens with zero attached hydrogens (tertiary/aromatic N) is 4. The maximum Gasteiger partial charge on any atom is 0.235 e. The Bertz CT molecular complexity index is 816. The summed E-state index contributed by atoms with van der Waals surface area (Å²) in [6.07, 6.45) is 1.02. The lowest BCUT2D eigenvalue weighted by Crippen LogP contribution is -2.39. The zero-order valence-electron chi connectivity index (χ0n) is 13.4. The van der Waals surface area contributed by atoms with Crippen LogP contribution in [0.15, 0.2) is 30.3 Å². The summed E-state index contributed by atoms with van der Waals surface area (Å²) >= 11 is 1.60. The highest BCUT2D eigenvalue weighted by atomic mass is 32.1. The van der Waals surface area contributed by atoms with Crippen LogP contribution in [0.3, 0.4) is 0 Å². The lowest BCUT2D eigenvalue weighted by atomic mass is 9.85. The molecule has 2 N–H and O–H groups in total. The number of aromatic nitrogens is 4. The quantitative estimate of drug-likeness (QED) is 0.757. The number of hydrogen-bond donors (Lipinski definition) is 2. The van der Waals surface area contributed by atoms with Gasteiger partial charge in [-0.25, -0.2) is 5.43 Å². The Morgan fingerprint density at radius 3 is 2.61 bits per heavy atom. The van der Waals surface area contributed by atoms with Crippen LogP contribution in [0.2, 0.25) is 0 Å². The molecule has 23 heavy (non-hydrogen) atoms. The van der Waals surface area contributed by atoms with Gasteiger partial charge >= 0.3 is 0 Å². The fraction of sp³-hybridized carbons (Fsp3) is 0.438. The third-order valence-corrected chi connectivity index (χ3v) is 5.30. The molecule has 6 nitrogen and oxygen atoms in total. The molecule has 2 aromatic heterocycles. The third-order valence-electron chi connectivity index (χ3n) is 4.29. The molecule has 2 atom stereocenters. The van der Waals surface area contributed by atoms with Gasteiger partial charge in [0, 0.05) is 11.6 Å². The van der Waals surface area contributed by atoms with Gasteiger partial charge in [-0.3, -0.25) is 5.43 Å². The molecule has 0 saturated carbocycles. The molecule has 1 aliphatic rings.